The maximum absolute atomic E-state index is 12.4. The quantitative estimate of drug-likeness (QED) is 0.540. The second kappa shape index (κ2) is 10.3. The average Bonchev–Trinajstić information content (AvgIpc) is 2.95. The predicted octanol–water partition coefficient (Wildman–Crippen LogP) is 2.94. The number of rotatable bonds is 8. The number of unbranched alkanes of at least 4 members (excludes halogenated alkanes) is 1. The molecule has 0 saturated heterocycles. The summed E-state index contributed by atoms with van der Waals surface area (Å²) in [5.74, 6) is -1.26. The van der Waals surface area contributed by atoms with Crippen molar-refractivity contribution in [1.82, 2.24) is 15.2 Å². The number of urea groups is 1. The van der Waals surface area contributed by atoms with Gasteiger partial charge in [-0.2, -0.15) is 0 Å². The predicted molar refractivity (Wildman–Crippen MR) is 106 cm³/mol. The lowest BCUT2D eigenvalue weighted by Crippen LogP contribution is -2.41. The molecule has 1 heterocycles. The van der Waals surface area contributed by atoms with Crippen LogP contribution in [0.25, 0.3) is 0 Å². The van der Waals surface area contributed by atoms with Crippen LogP contribution in [0.15, 0.2) is 36.4 Å². The van der Waals surface area contributed by atoms with Crippen molar-refractivity contribution in [2.75, 3.05) is 13.2 Å². The largest absolute Gasteiger partial charge is 0.452 e. The zero-order chi connectivity index (χ0) is 20.5. The Bertz CT molecular complexity index is 828. The first kappa shape index (κ1) is 21.2. The van der Waals surface area contributed by atoms with E-state index >= 15 is 0 Å². The molecule has 0 saturated carbocycles. The van der Waals surface area contributed by atoms with Gasteiger partial charge in [-0.05, 0) is 31.9 Å². The van der Waals surface area contributed by atoms with Gasteiger partial charge < -0.3 is 14.6 Å². The van der Waals surface area contributed by atoms with Crippen LogP contribution in [0, 0.1) is 13.8 Å². The van der Waals surface area contributed by atoms with Gasteiger partial charge in [0.2, 0.25) is 0 Å². The van der Waals surface area contributed by atoms with E-state index in [1.807, 2.05) is 55.7 Å². The topological polar surface area (TPSA) is 89.4 Å². The molecule has 0 atom stereocenters. The van der Waals surface area contributed by atoms with Gasteiger partial charge in [0.1, 0.15) is 0 Å². The number of aryl methyl sites for hydroxylation is 1. The van der Waals surface area contributed by atoms with Gasteiger partial charge in [-0.1, -0.05) is 43.7 Å². The molecule has 0 aliphatic heterocycles. The molecule has 2 rings (SSSR count). The van der Waals surface area contributed by atoms with Gasteiger partial charge in [-0.3, -0.25) is 10.1 Å². The summed E-state index contributed by atoms with van der Waals surface area (Å²) in [5, 5.41) is 4.70. The van der Waals surface area contributed by atoms with Crippen molar-refractivity contribution in [2.45, 2.75) is 40.2 Å². The monoisotopic (exact) mass is 385 g/mol. The SMILES string of the molecule is CCCCNC(=O)NC(=O)COC(=O)c1cc(C)n(Cc2ccccc2)c1C. The Balaban J connectivity index is 1.91. The van der Waals surface area contributed by atoms with Crippen molar-refractivity contribution in [3.05, 3.63) is 58.9 Å². The van der Waals surface area contributed by atoms with Crippen LogP contribution in [-0.2, 0) is 16.1 Å². The normalized spacial score (nSPS) is 10.4. The third-order valence-corrected chi connectivity index (χ3v) is 4.38. The Kier molecular flexibility index (Phi) is 7.80. The van der Waals surface area contributed by atoms with E-state index in [0.717, 1.165) is 29.8 Å². The van der Waals surface area contributed by atoms with E-state index in [2.05, 4.69) is 10.6 Å². The van der Waals surface area contributed by atoms with E-state index in [1.165, 1.54) is 0 Å². The summed E-state index contributed by atoms with van der Waals surface area (Å²) in [6.07, 6.45) is 1.77. The molecule has 28 heavy (non-hydrogen) atoms. The first-order chi connectivity index (χ1) is 13.4. The maximum Gasteiger partial charge on any atom is 0.340 e. The summed E-state index contributed by atoms with van der Waals surface area (Å²) in [4.78, 5) is 35.7. The molecule has 7 heteroatoms. The molecule has 0 bridgehead atoms. The second-order valence-corrected chi connectivity index (χ2v) is 6.59. The number of amides is 3. The third kappa shape index (κ3) is 5.97. The second-order valence-electron chi connectivity index (χ2n) is 6.59. The highest BCUT2D eigenvalue weighted by atomic mass is 16.5. The summed E-state index contributed by atoms with van der Waals surface area (Å²) in [5.41, 5.74) is 3.23. The zero-order valence-electron chi connectivity index (χ0n) is 16.6. The molecule has 0 unspecified atom stereocenters. The van der Waals surface area contributed by atoms with E-state index in [-0.39, 0.29) is 0 Å². The average molecular weight is 385 g/mol. The van der Waals surface area contributed by atoms with E-state index < -0.39 is 24.5 Å². The minimum Gasteiger partial charge on any atom is -0.452 e. The Labute approximate surface area is 165 Å². The fourth-order valence-corrected chi connectivity index (χ4v) is 2.81. The van der Waals surface area contributed by atoms with Crippen molar-refractivity contribution < 1.29 is 19.1 Å². The number of carbonyl (C=O) groups is 3. The van der Waals surface area contributed by atoms with E-state index in [0.29, 0.717) is 18.7 Å². The number of ether oxygens (including phenoxy) is 1. The fraction of sp³-hybridized carbons (Fsp3) is 0.381. The Morgan fingerprint density at radius 1 is 1.11 bits per heavy atom. The number of esters is 1. The first-order valence-corrected chi connectivity index (χ1v) is 9.37. The molecule has 2 N–H and O–H groups in total. The number of nitrogens with zero attached hydrogens (tertiary/aromatic N) is 1. The number of imide groups is 1. The van der Waals surface area contributed by atoms with Crippen LogP contribution in [0.3, 0.4) is 0 Å². The van der Waals surface area contributed by atoms with Gasteiger partial charge in [0.25, 0.3) is 5.91 Å². The Morgan fingerprint density at radius 2 is 1.82 bits per heavy atom. The van der Waals surface area contributed by atoms with Crippen LogP contribution >= 0.6 is 0 Å². The van der Waals surface area contributed by atoms with E-state index in [9.17, 15) is 14.4 Å². The summed E-state index contributed by atoms with van der Waals surface area (Å²) in [6.45, 7) is 6.38. The minimum absolute atomic E-state index is 0.411. The van der Waals surface area contributed by atoms with Gasteiger partial charge in [-0.25, -0.2) is 9.59 Å². The van der Waals surface area contributed by atoms with Crippen molar-refractivity contribution in [2.24, 2.45) is 0 Å². The molecule has 0 aliphatic carbocycles. The smallest absolute Gasteiger partial charge is 0.340 e. The summed E-state index contributed by atoms with van der Waals surface area (Å²) < 4.78 is 7.09. The van der Waals surface area contributed by atoms with Crippen LogP contribution in [0.1, 0.15) is 47.1 Å². The number of hydrogen-bond acceptors (Lipinski definition) is 4. The molecule has 3 amide bonds. The van der Waals surface area contributed by atoms with Crippen LogP contribution < -0.4 is 10.6 Å². The lowest BCUT2D eigenvalue weighted by molar-refractivity contribution is -0.123. The molecular weight excluding hydrogens is 358 g/mol. The summed E-state index contributed by atoms with van der Waals surface area (Å²) in [6, 6.07) is 11.1. The number of benzene rings is 1. The first-order valence-electron chi connectivity index (χ1n) is 9.37. The van der Waals surface area contributed by atoms with Crippen molar-refractivity contribution >= 4 is 17.9 Å². The van der Waals surface area contributed by atoms with Crippen LogP contribution in [-0.4, -0.2) is 35.6 Å². The highest BCUT2D eigenvalue weighted by molar-refractivity contribution is 5.97. The number of hydrogen-bond donors (Lipinski definition) is 2. The summed E-state index contributed by atoms with van der Waals surface area (Å²) in [7, 11) is 0. The van der Waals surface area contributed by atoms with Gasteiger partial charge in [0.15, 0.2) is 6.61 Å². The molecule has 1 aromatic carbocycles. The van der Waals surface area contributed by atoms with Gasteiger partial charge in [-0.15, -0.1) is 0 Å². The van der Waals surface area contributed by atoms with Gasteiger partial charge >= 0.3 is 12.0 Å². The van der Waals surface area contributed by atoms with Crippen LogP contribution in [0.4, 0.5) is 4.79 Å². The van der Waals surface area contributed by atoms with E-state index in [1.54, 1.807) is 6.07 Å². The van der Waals surface area contributed by atoms with E-state index in [4.69, 9.17) is 4.74 Å². The third-order valence-electron chi connectivity index (χ3n) is 4.38. The molecule has 0 radical (unpaired) electrons. The molecule has 0 aliphatic rings. The van der Waals surface area contributed by atoms with Crippen molar-refractivity contribution in [3.63, 3.8) is 0 Å². The van der Waals surface area contributed by atoms with Crippen LogP contribution in [0.5, 0.6) is 0 Å². The molecular formula is C21H27N3O4. The van der Waals surface area contributed by atoms with Crippen molar-refractivity contribution in [1.29, 1.82) is 0 Å². The number of nitrogens with one attached hydrogen (secondary N) is 2. The molecule has 0 fully saturated rings. The summed E-state index contributed by atoms with van der Waals surface area (Å²) >= 11 is 0. The lowest BCUT2D eigenvalue weighted by atomic mass is 10.2. The molecule has 7 nitrogen and oxygen atoms in total. The standard InChI is InChI=1S/C21H27N3O4/c1-4-5-11-22-21(27)23-19(25)14-28-20(26)18-12-15(2)24(16(18)3)13-17-9-7-6-8-10-17/h6-10,12H,4-5,11,13-14H2,1-3H3,(H2,22,23,25,27). The van der Waals surface area contributed by atoms with Crippen LogP contribution in [0.2, 0.25) is 0 Å². The highest BCUT2D eigenvalue weighted by Crippen LogP contribution is 2.18. The Hall–Kier alpha value is -3.09. The van der Waals surface area contributed by atoms with Gasteiger partial charge in [0, 0.05) is 24.5 Å². The Morgan fingerprint density at radius 3 is 2.50 bits per heavy atom. The molecule has 2 aromatic rings. The highest BCUT2D eigenvalue weighted by Gasteiger charge is 2.18. The fourth-order valence-electron chi connectivity index (χ4n) is 2.81. The maximum atomic E-state index is 12.4. The number of aromatic nitrogens is 1. The lowest BCUT2D eigenvalue weighted by Gasteiger charge is -2.10. The number of carbonyl (C=O) groups excluding carboxylic acids is 3. The zero-order valence-corrected chi connectivity index (χ0v) is 16.6. The molecule has 0 spiro atoms. The molecule has 150 valence electrons. The molecule has 1 aromatic heterocycles. The van der Waals surface area contributed by atoms with Crippen molar-refractivity contribution in [3.8, 4) is 0 Å². The minimum atomic E-state index is -0.666. The van der Waals surface area contributed by atoms with Gasteiger partial charge in [0.05, 0.1) is 5.56 Å².